The van der Waals surface area contributed by atoms with Crippen LogP contribution in [0.2, 0.25) is 0 Å². The average Bonchev–Trinajstić information content (AvgIpc) is 3.17. The number of alkyl halides is 2. The van der Waals surface area contributed by atoms with Gasteiger partial charge in [0.1, 0.15) is 16.3 Å². The van der Waals surface area contributed by atoms with Crippen LogP contribution < -0.4 is 0 Å². The van der Waals surface area contributed by atoms with Gasteiger partial charge in [0.2, 0.25) is 17.6 Å². The Morgan fingerprint density at radius 2 is 1.24 bits per heavy atom. The Kier molecular flexibility index (Phi) is 5.57. The first-order valence-electron chi connectivity index (χ1n) is 12.3. The smallest absolute Gasteiger partial charge is 0.326 e. The molecule has 192 valence electrons. The number of aryl methyl sites for hydroxylation is 1. The molecule has 8 heteroatoms. The van der Waals surface area contributed by atoms with Crippen LogP contribution in [0.1, 0.15) is 45.1 Å². The molecule has 0 spiro atoms. The predicted molar refractivity (Wildman–Crippen MR) is 141 cm³/mol. The molecule has 7 rings (SSSR count). The van der Waals surface area contributed by atoms with Gasteiger partial charge in [0.25, 0.3) is 0 Å². The van der Waals surface area contributed by atoms with E-state index < -0.39 is 52.0 Å². The van der Waals surface area contributed by atoms with E-state index in [1.54, 1.807) is 24.3 Å². The summed E-state index contributed by atoms with van der Waals surface area (Å²) < 4.78 is 5.35. The zero-order valence-corrected chi connectivity index (χ0v) is 22.1. The monoisotopic (exact) mass is 547 g/mol. The molecule has 38 heavy (non-hydrogen) atoms. The number of hydrogen-bond acceptors (Lipinski definition) is 5. The summed E-state index contributed by atoms with van der Waals surface area (Å²) in [7, 11) is 0. The van der Waals surface area contributed by atoms with E-state index in [1.165, 1.54) is 6.92 Å². The second-order valence-electron chi connectivity index (χ2n) is 10.1. The van der Waals surface area contributed by atoms with E-state index in [-0.39, 0.29) is 5.78 Å². The van der Waals surface area contributed by atoms with Gasteiger partial charge in [-0.2, -0.15) is 0 Å². The number of imide groups is 1. The molecule has 1 aliphatic heterocycles. The van der Waals surface area contributed by atoms with E-state index in [0.717, 1.165) is 10.5 Å². The van der Waals surface area contributed by atoms with Crippen molar-refractivity contribution in [2.75, 3.05) is 6.54 Å². The molecule has 1 fully saturated rings. The minimum Gasteiger partial charge on any atom is -0.453 e. The van der Waals surface area contributed by atoms with Crippen molar-refractivity contribution in [3.63, 3.8) is 0 Å². The highest BCUT2D eigenvalue weighted by atomic mass is 35.5. The fourth-order valence-electron chi connectivity index (χ4n) is 6.25. The third-order valence-corrected chi connectivity index (χ3v) is 9.26. The third kappa shape index (κ3) is 3.20. The Hall–Kier alpha value is -3.48. The van der Waals surface area contributed by atoms with E-state index in [4.69, 9.17) is 27.9 Å². The van der Waals surface area contributed by atoms with Crippen molar-refractivity contribution in [3.05, 3.63) is 106 Å². The number of rotatable bonds is 5. The highest BCUT2D eigenvalue weighted by Crippen LogP contribution is 2.69. The standard InChI is InChI=1S/C30H23Cl2NO5/c1-16-11-13-18(14-12-16)26(35)17(2)38-23(34)15-33-27(36)24-25(28(33)37)30(32)20-8-4-3-7-19(20)29(24,31)21-9-5-6-10-22(21)30/h3-14,17,24-25H,15H2,1-2H3/t17-,24+,25+,29?,30?/m0/s1. The molecule has 4 aliphatic rings. The van der Waals surface area contributed by atoms with Gasteiger partial charge in [0.15, 0.2) is 6.10 Å². The van der Waals surface area contributed by atoms with Crippen molar-refractivity contribution >= 4 is 46.8 Å². The Balaban J connectivity index is 1.31. The predicted octanol–water partition coefficient (Wildman–Crippen LogP) is 4.70. The topological polar surface area (TPSA) is 80.8 Å². The summed E-state index contributed by atoms with van der Waals surface area (Å²) in [4.78, 5) is 51.5. The van der Waals surface area contributed by atoms with Crippen LogP contribution in [0.3, 0.4) is 0 Å². The Morgan fingerprint density at radius 3 is 1.66 bits per heavy atom. The number of nitrogens with zero attached hydrogens (tertiary/aromatic N) is 1. The van der Waals surface area contributed by atoms with Crippen LogP contribution in [-0.2, 0) is 28.9 Å². The minimum absolute atomic E-state index is 0.380. The molecule has 2 bridgehead atoms. The normalized spacial score (nSPS) is 27.4. The molecule has 2 amide bonds. The average molecular weight is 548 g/mol. The molecule has 0 saturated carbocycles. The summed E-state index contributed by atoms with van der Waals surface area (Å²) in [5.74, 6) is -4.42. The van der Waals surface area contributed by atoms with Crippen LogP contribution in [0.5, 0.6) is 0 Å². The number of likely N-dealkylation sites (tertiary alicyclic amines) is 1. The van der Waals surface area contributed by atoms with Crippen molar-refractivity contribution in [2.45, 2.75) is 29.7 Å². The van der Waals surface area contributed by atoms with Gasteiger partial charge in [-0.25, -0.2) is 0 Å². The summed E-state index contributed by atoms with van der Waals surface area (Å²) in [6.45, 7) is 2.73. The number of ketones is 1. The Labute approximate surface area is 229 Å². The second-order valence-corrected chi connectivity index (χ2v) is 11.3. The summed E-state index contributed by atoms with van der Waals surface area (Å²) >= 11 is 14.7. The molecule has 1 saturated heterocycles. The summed E-state index contributed by atoms with van der Waals surface area (Å²) in [5.41, 5.74) is 4.11. The van der Waals surface area contributed by atoms with Crippen LogP contribution in [0, 0.1) is 18.8 Å². The number of halogens is 2. The maximum absolute atomic E-state index is 13.8. The molecule has 3 aromatic rings. The zero-order chi connectivity index (χ0) is 27.0. The fraction of sp³-hybridized carbons (Fsp3) is 0.267. The van der Waals surface area contributed by atoms with Crippen LogP contribution in [-0.4, -0.2) is 41.1 Å². The number of esters is 1. The molecule has 0 unspecified atom stereocenters. The van der Waals surface area contributed by atoms with Crippen molar-refractivity contribution in [2.24, 2.45) is 11.8 Å². The number of benzene rings is 3. The lowest BCUT2D eigenvalue weighted by atomic mass is 9.54. The quantitative estimate of drug-likeness (QED) is 0.200. The van der Waals surface area contributed by atoms with Gasteiger partial charge in [-0.1, -0.05) is 78.4 Å². The molecule has 0 aromatic heterocycles. The lowest BCUT2D eigenvalue weighted by molar-refractivity contribution is -0.154. The number of hydrogen-bond donors (Lipinski definition) is 0. The molecule has 1 heterocycles. The highest BCUT2D eigenvalue weighted by Gasteiger charge is 2.73. The van der Waals surface area contributed by atoms with Gasteiger partial charge in [-0.3, -0.25) is 24.1 Å². The molecule has 3 aliphatic carbocycles. The second kappa shape index (κ2) is 8.52. The van der Waals surface area contributed by atoms with E-state index in [1.807, 2.05) is 55.5 Å². The summed E-state index contributed by atoms with van der Waals surface area (Å²) in [6.07, 6.45) is -1.09. The van der Waals surface area contributed by atoms with Gasteiger partial charge in [-0.15, -0.1) is 23.2 Å². The minimum atomic E-state index is -1.32. The Morgan fingerprint density at radius 1 is 0.816 bits per heavy atom. The van der Waals surface area contributed by atoms with Gasteiger partial charge in [0, 0.05) is 5.56 Å². The fourth-order valence-corrected chi connectivity index (χ4v) is 7.35. The number of amides is 2. The third-order valence-electron chi connectivity index (χ3n) is 7.98. The maximum Gasteiger partial charge on any atom is 0.326 e. The molecular formula is C30H23Cl2NO5. The summed E-state index contributed by atoms with van der Waals surface area (Å²) in [5, 5.41) is 0. The van der Waals surface area contributed by atoms with Crippen molar-refractivity contribution in [1.29, 1.82) is 0 Å². The van der Waals surface area contributed by atoms with Gasteiger partial charge in [-0.05, 0) is 36.1 Å². The van der Waals surface area contributed by atoms with Crippen molar-refractivity contribution in [1.82, 2.24) is 4.90 Å². The molecule has 0 radical (unpaired) electrons. The number of Topliss-reactive ketones (excluding diaryl/α,β-unsaturated/α-hetero) is 1. The van der Waals surface area contributed by atoms with Gasteiger partial charge in [0.05, 0.1) is 11.8 Å². The van der Waals surface area contributed by atoms with Crippen LogP contribution in [0.4, 0.5) is 0 Å². The number of carbonyl (C=O) groups excluding carboxylic acids is 4. The van der Waals surface area contributed by atoms with Crippen LogP contribution in [0.15, 0.2) is 72.8 Å². The first-order chi connectivity index (χ1) is 18.1. The van der Waals surface area contributed by atoms with Crippen molar-refractivity contribution < 1.29 is 23.9 Å². The lowest BCUT2D eigenvalue weighted by Gasteiger charge is -2.54. The lowest BCUT2D eigenvalue weighted by Crippen LogP contribution is -2.57. The first kappa shape index (κ1) is 24.8. The van der Waals surface area contributed by atoms with Gasteiger partial charge >= 0.3 is 5.97 Å². The van der Waals surface area contributed by atoms with E-state index >= 15 is 0 Å². The molecule has 6 nitrogen and oxygen atoms in total. The van der Waals surface area contributed by atoms with Crippen molar-refractivity contribution in [3.8, 4) is 0 Å². The van der Waals surface area contributed by atoms with E-state index in [0.29, 0.717) is 27.8 Å². The van der Waals surface area contributed by atoms with Crippen LogP contribution in [0.25, 0.3) is 0 Å². The highest BCUT2D eigenvalue weighted by molar-refractivity contribution is 6.36. The molecule has 3 aromatic carbocycles. The van der Waals surface area contributed by atoms with E-state index in [9.17, 15) is 19.2 Å². The number of ether oxygens (including phenoxy) is 1. The first-order valence-corrected chi connectivity index (χ1v) is 13.1. The SMILES string of the molecule is Cc1ccc(C(=O)[C@H](C)OC(=O)CN2C(=O)[C@H]3[C@H](C2=O)C2(Cl)c4ccccc4C3(Cl)c3ccccc32)cc1. The largest absolute Gasteiger partial charge is 0.453 e. The van der Waals surface area contributed by atoms with E-state index in [2.05, 4.69) is 0 Å². The molecule has 0 N–H and O–H groups in total. The summed E-state index contributed by atoms with van der Waals surface area (Å²) in [6, 6.07) is 21.5. The molecular weight excluding hydrogens is 525 g/mol. The molecule has 3 atom stereocenters. The Bertz CT molecular complexity index is 1410. The van der Waals surface area contributed by atoms with Crippen LogP contribution >= 0.6 is 23.2 Å². The maximum atomic E-state index is 13.8. The number of carbonyl (C=O) groups is 4. The zero-order valence-electron chi connectivity index (χ0n) is 20.6. The van der Waals surface area contributed by atoms with Gasteiger partial charge < -0.3 is 4.74 Å².